The van der Waals surface area contributed by atoms with Gasteiger partial charge in [0.2, 0.25) is 5.91 Å². The van der Waals surface area contributed by atoms with Crippen LogP contribution in [-0.2, 0) is 14.9 Å². The molecule has 0 radical (unpaired) electrons. The van der Waals surface area contributed by atoms with Gasteiger partial charge in [-0.05, 0) is 48.5 Å². The van der Waals surface area contributed by atoms with Gasteiger partial charge in [-0.1, -0.05) is 6.07 Å². The molecule has 138 valence electrons. The van der Waals surface area contributed by atoms with Crippen molar-refractivity contribution in [3.8, 4) is 0 Å². The van der Waals surface area contributed by atoms with E-state index < -0.39 is 10.1 Å². The maximum Gasteiger partial charge on any atom is 1.00 e. The summed E-state index contributed by atoms with van der Waals surface area (Å²) >= 11 is 0. The Morgan fingerprint density at radius 3 is 2.29 bits per heavy atom. The molecule has 0 unspecified atom stereocenters. The maximum absolute atomic E-state index is 11.3. The number of azo groups is 1. The topological polar surface area (TPSA) is 137 Å². The number of amides is 1. The van der Waals surface area contributed by atoms with Crippen LogP contribution >= 0.6 is 0 Å². The Bertz CT molecular complexity index is 1160. The zero-order chi connectivity index (χ0) is 19.6. The van der Waals surface area contributed by atoms with Crippen molar-refractivity contribution >= 4 is 49.5 Å². The molecule has 0 aliphatic carbocycles. The van der Waals surface area contributed by atoms with E-state index >= 15 is 0 Å². The minimum Gasteiger partial charge on any atom is -0.744 e. The number of nitrogens with zero attached hydrogens (tertiary/aromatic N) is 2. The first-order chi connectivity index (χ1) is 12.7. The molecule has 8 nitrogen and oxygen atoms in total. The third kappa shape index (κ3) is 5.15. The van der Waals surface area contributed by atoms with Crippen LogP contribution in [0.4, 0.5) is 22.7 Å². The summed E-state index contributed by atoms with van der Waals surface area (Å²) in [6.07, 6.45) is 0. The van der Waals surface area contributed by atoms with Gasteiger partial charge in [-0.25, -0.2) is 8.42 Å². The van der Waals surface area contributed by atoms with E-state index in [4.69, 9.17) is 5.73 Å². The number of fused-ring (bicyclic) bond motifs is 1. The van der Waals surface area contributed by atoms with E-state index in [-0.39, 0.29) is 40.4 Å². The van der Waals surface area contributed by atoms with Gasteiger partial charge in [0.05, 0.1) is 16.3 Å². The Morgan fingerprint density at radius 2 is 1.68 bits per heavy atom. The van der Waals surface area contributed by atoms with Crippen molar-refractivity contribution in [1.29, 1.82) is 0 Å². The number of anilines is 2. The molecule has 1 amide bonds. The molecule has 3 N–H and O–H groups in total. The fourth-order valence-electron chi connectivity index (χ4n) is 2.50. The number of carbonyl (C=O) groups excluding carboxylic acids is 1. The molecule has 0 aliphatic heterocycles. The first kappa shape index (κ1) is 22.0. The van der Waals surface area contributed by atoms with E-state index in [2.05, 4.69) is 15.5 Å². The van der Waals surface area contributed by atoms with Crippen LogP contribution in [0, 0.1) is 0 Å². The molecule has 0 spiro atoms. The monoisotopic (exact) mass is 406 g/mol. The van der Waals surface area contributed by atoms with Gasteiger partial charge in [-0.3, -0.25) is 4.79 Å². The van der Waals surface area contributed by atoms with Crippen LogP contribution in [0.15, 0.2) is 69.7 Å². The Hall–Kier alpha value is -2.30. The van der Waals surface area contributed by atoms with Gasteiger partial charge in [0, 0.05) is 29.1 Å². The van der Waals surface area contributed by atoms with Crippen molar-refractivity contribution in [2.24, 2.45) is 10.2 Å². The zero-order valence-corrected chi connectivity index (χ0v) is 18.0. The van der Waals surface area contributed by atoms with Gasteiger partial charge in [0.25, 0.3) is 0 Å². The minimum absolute atomic E-state index is 0. The summed E-state index contributed by atoms with van der Waals surface area (Å²) in [5, 5.41) is 11.9. The smallest absolute Gasteiger partial charge is 0.744 e. The number of nitrogens with one attached hydrogen (secondary N) is 1. The van der Waals surface area contributed by atoms with Gasteiger partial charge in [-0.15, -0.1) is 5.11 Å². The van der Waals surface area contributed by atoms with Crippen molar-refractivity contribution in [1.82, 2.24) is 0 Å². The Kier molecular flexibility index (Phi) is 6.91. The van der Waals surface area contributed by atoms with Crippen LogP contribution in [-0.4, -0.2) is 18.9 Å². The van der Waals surface area contributed by atoms with Crippen molar-refractivity contribution in [3.05, 3.63) is 54.6 Å². The normalized spacial score (nSPS) is 11.4. The summed E-state index contributed by atoms with van der Waals surface area (Å²) in [5.74, 6) is -0.179. The third-order valence-electron chi connectivity index (χ3n) is 3.75. The average molecular weight is 406 g/mol. The minimum atomic E-state index is -4.60. The standard InChI is InChI=1S/C18H16N4O4S.Na/c1-11(23)20-12-2-4-13(5-3-12)21-22-18-9-8-17(19)15-7-6-14(10-16(15)18)27(24,25)26;/h2-10H,19H2,1H3,(H,20,23)(H,24,25,26);/q;+1/p-1. The second-order valence-corrected chi connectivity index (χ2v) is 7.14. The van der Waals surface area contributed by atoms with Crippen LogP contribution in [0.1, 0.15) is 6.92 Å². The molecule has 0 fully saturated rings. The number of hydrogen-bond acceptors (Lipinski definition) is 7. The van der Waals surface area contributed by atoms with Gasteiger partial charge < -0.3 is 15.6 Å². The van der Waals surface area contributed by atoms with Crippen LogP contribution in [0.2, 0.25) is 0 Å². The van der Waals surface area contributed by atoms with E-state index in [0.29, 0.717) is 33.5 Å². The quantitative estimate of drug-likeness (QED) is 0.284. The van der Waals surface area contributed by atoms with Crippen molar-refractivity contribution < 1.29 is 47.3 Å². The van der Waals surface area contributed by atoms with E-state index in [1.807, 2.05) is 0 Å². The Labute approximate surface area is 183 Å². The predicted molar refractivity (Wildman–Crippen MR) is 101 cm³/mol. The number of rotatable bonds is 4. The van der Waals surface area contributed by atoms with Crippen LogP contribution in [0.5, 0.6) is 0 Å². The van der Waals surface area contributed by atoms with Gasteiger partial charge in [-0.2, -0.15) is 5.11 Å². The maximum atomic E-state index is 11.3. The first-order valence-electron chi connectivity index (χ1n) is 7.81. The van der Waals surface area contributed by atoms with Crippen molar-refractivity contribution in [2.45, 2.75) is 11.8 Å². The molecule has 3 rings (SSSR count). The molecular weight excluding hydrogens is 391 g/mol. The third-order valence-corrected chi connectivity index (χ3v) is 4.58. The van der Waals surface area contributed by atoms with Gasteiger partial charge >= 0.3 is 29.6 Å². The molecule has 0 bridgehead atoms. The first-order valence-corrected chi connectivity index (χ1v) is 9.22. The van der Waals surface area contributed by atoms with Crippen LogP contribution in [0.25, 0.3) is 10.8 Å². The molecule has 0 aliphatic rings. The zero-order valence-electron chi connectivity index (χ0n) is 15.2. The number of carbonyl (C=O) groups is 1. The SMILES string of the molecule is CC(=O)Nc1ccc(N=Nc2ccc(N)c3ccc(S(=O)(=O)[O-])cc23)cc1.[Na+]. The van der Waals surface area contributed by atoms with E-state index in [9.17, 15) is 17.8 Å². The molecular formula is C18H15N4NaO4S. The molecule has 3 aromatic rings. The Balaban J connectivity index is 0.00000280. The molecule has 0 saturated heterocycles. The summed E-state index contributed by atoms with van der Waals surface area (Å²) < 4.78 is 33.9. The number of nitrogen functional groups attached to an aromatic ring is 1. The fourth-order valence-corrected chi connectivity index (χ4v) is 3.00. The number of hydrogen-bond donors (Lipinski definition) is 2. The van der Waals surface area contributed by atoms with Gasteiger partial charge in [0.1, 0.15) is 10.1 Å². The summed E-state index contributed by atoms with van der Waals surface area (Å²) in [7, 11) is -4.60. The summed E-state index contributed by atoms with van der Waals surface area (Å²) in [5.41, 5.74) is 7.87. The largest absolute Gasteiger partial charge is 1.00 e. The summed E-state index contributed by atoms with van der Waals surface area (Å²) in [6.45, 7) is 1.41. The Morgan fingerprint density at radius 1 is 1.00 bits per heavy atom. The molecule has 10 heteroatoms. The predicted octanol–water partition coefficient (Wildman–Crippen LogP) is 0.704. The molecule has 3 aromatic carbocycles. The molecule has 0 aromatic heterocycles. The summed E-state index contributed by atoms with van der Waals surface area (Å²) in [6, 6.07) is 13.8. The summed E-state index contributed by atoms with van der Waals surface area (Å²) in [4.78, 5) is 10.7. The van der Waals surface area contributed by atoms with E-state index in [1.165, 1.54) is 25.1 Å². The molecule has 0 heterocycles. The van der Waals surface area contributed by atoms with Crippen molar-refractivity contribution in [2.75, 3.05) is 11.1 Å². The van der Waals surface area contributed by atoms with Crippen LogP contribution < -0.4 is 40.6 Å². The second-order valence-electron chi connectivity index (χ2n) is 5.76. The van der Waals surface area contributed by atoms with Gasteiger partial charge in [0.15, 0.2) is 0 Å². The molecule has 28 heavy (non-hydrogen) atoms. The van der Waals surface area contributed by atoms with Crippen molar-refractivity contribution in [3.63, 3.8) is 0 Å². The molecule has 0 atom stereocenters. The average Bonchev–Trinajstić information content (AvgIpc) is 2.61. The van der Waals surface area contributed by atoms with E-state index in [0.717, 1.165) is 0 Å². The van der Waals surface area contributed by atoms with Crippen LogP contribution in [0.3, 0.4) is 0 Å². The van der Waals surface area contributed by atoms with E-state index in [1.54, 1.807) is 36.4 Å². The second kappa shape index (κ2) is 8.80. The number of benzene rings is 3. The fraction of sp³-hybridized carbons (Fsp3) is 0.0556. The number of nitrogens with two attached hydrogens (primary N) is 1. The molecule has 0 saturated carbocycles.